The van der Waals surface area contributed by atoms with Crippen LogP contribution in [0.15, 0.2) is 51.7 Å². The Morgan fingerprint density at radius 3 is 2.38 bits per heavy atom. The summed E-state index contributed by atoms with van der Waals surface area (Å²) in [6.07, 6.45) is 0. The third-order valence-corrected chi connectivity index (χ3v) is 4.04. The lowest BCUT2D eigenvalue weighted by Gasteiger charge is -2.10. The van der Waals surface area contributed by atoms with Gasteiger partial charge in [-0.15, -0.1) is 0 Å². The molecule has 0 aliphatic carbocycles. The van der Waals surface area contributed by atoms with E-state index in [-0.39, 0.29) is 12.5 Å². The minimum absolute atomic E-state index is 0.198. The van der Waals surface area contributed by atoms with E-state index in [9.17, 15) is 9.59 Å². The van der Waals surface area contributed by atoms with Gasteiger partial charge in [-0.1, -0.05) is 11.6 Å². The topological polar surface area (TPSA) is 77.8 Å². The summed E-state index contributed by atoms with van der Waals surface area (Å²) in [6.45, 7) is 2.15. The van der Waals surface area contributed by atoms with Crippen LogP contribution in [0.1, 0.15) is 21.5 Å². The Kier molecular flexibility index (Phi) is 4.93. The molecule has 0 spiro atoms. The fourth-order valence-electron chi connectivity index (χ4n) is 2.70. The summed E-state index contributed by atoms with van der Waals surface area (Å²) >= 11 is 0. The standard InChI is InChI=1S/C20H19NO5/c1-12-4-5-18-17(6-12)14(9-19(22)26-18)11-21-20(23)13-7-15(24-2)10-16(8-13)25-3/h4-10H,11H2,1-3H3,(H,21,23). The van der Waals surface area contributed by atoms with Crippen molar-refractivity contribution in [2.24, 2.45) is 0 Å². The molecule has 26 heavy (non-hydrogen) atoms. The third-order valence-electron chi connectivity index (χ3n) is 4.04. The first kappa shape index (κ1) is 17.5. The molecule has 0 fully saturated rings. The van der Waals surface area contributed by atoms with E-state index in [0.29, 0.717) is 28.2 Å². The van der Waals surface area contributed by atoms with Crippen LogP contribution in [-0.4, -0.2) is 20.1 Å². The molecule has 2 aromatic carbocycles. The molecule has 3 rings (SSSR count). The van der Waals surface area contributed by atoms with Crippen molar-refractivity contribution in [2.45, 2.75) is 13.5 Å². The molecule has 1 aromatic heterocycles. The number of hydrogen-bond acceptors (Lipinski definition) is 5. The fraction of sp³-hybridized carbons (Fsp3) is 0.200. The molecule has 1 heterocycles. The quantitative estimate of drug-likeness (QED) is 0.714. The number of methoxy groups -OCH3 is 2. The normalized spacial score (nSPS) is 10.6. The Labute approximate surface area is 150 Å². The van der Waals surface area contributed by atoms with Crippen molar-refractivity contribution in [1.82, 2.24) is 5.32 Å². The van der Waals surface area contributed by atoms with Crippen molar-refractivity contribution in [3.05, 3.63) is 69.6 Å². The lowest BCUT2D eigenvalue weighted by molar-refractivity contribution is 0.0950. The Morgan fingerprint density at radius 2 is 1.73 bits per heavy atom. The van der Waals surface area contributed by atoms with Crippen LogP contribution in [0.25, 0.3) is 11.0 Å². The molecule has 0 unspecified atom stereocenters. The van der Waals surface area contributed by atoms with Crippen molar-refractivity contribution in [1.29, 1.82) is 0 Å². The molecule has 134 valence electrons. The summed E-state index contributed by atoms with van der Waals surface area (Å²) in [5.41, 5.74) is 2.19. The molecule has 0 atom stereocenters. The zero-order valence-corrected chi connectivity index (χ0v) is 14.8. The Hall–Kier alpha value is -3.28. The van der Waals surface area contributed by atoms with Crippen LogP contribution in [0.3, 0.4) is 0 Å². The van der Waals surface area contributed by atoms with Gasteiger partial charge in [0.25, 0.3) is 5.91 Å². The number of amides is 1. The average Bonchev–Trinajstić information content (AvgIpc) is 2.65. The second kappa shape index (κ2) is 7.31. The van der Waals surface area contributed by atoms with Crippen molar-refractivity contribution in [3.8, 4) is 11.5 Å². The smallest absolute Gasteiger partial charge is 0.336 e. The van der Waals surface area contributed by atoms with Gasteiger partial charge in [-0.05, 0) is 36.8 Å². The van der Waals surface area contributed by atoms with Gasteiger partial charge >= 0.3 is 5.63 Å². The fourth-order valence-corrected chi connectivity index (χ4v) is 2.70. The van der Waals surface area contributed by atoms with Gasteiger partial charge in [0, 0.05) is 29.6 Å². The molecular weight excluding hydrogens is 334 g/mol. The van der Waals surface area contributed by atoms with Gasteiger partial charge in [-0.2, -0.15) is 0 Å². The van der Waals surface area contributed by atoms with E-state index in [2.05, 4.69) is 5.32 Å². The van der Waals surface area contributed by atoms with E-state index >= 15 is 0 Å². The predicted octanol–water partition coefficient (Wildman–Crippen LogP) is 3.05. The van der Waals surface area contributed by atoms with Gasteiger partial charge in [-0.25, -0.2) is 4.79 Å². The zero-order chi connectivity index (χ0) is 18.7. The number of carbonyl (C=O) groups is 1. The van der Waals surface area contributed by atoms with Crippen molar-refractivity contribution in [3.63, 3.8) is 0 Å². The molecule has 1 N–H and O–H groups in total. The highest BCUT2D eigenvalue weighted by Crippen LogP contribution is 2.23. The molecular formula is C20H19NO5. The second-order valence-corrected chi connectivity index (χ2v) is 5.87. The average molecular weight is 353 g/mol. The highest BCUT2D eigenvalue weighted by Gasteiger charge is 2.12. The van der Waals surface area contributed by atoms with Crippen LogP contribution >= 0.6 is 0 Å². The number of ether oxygens (including phenoxy) is 2. The molecule has 0 aliphatic heterocycles. The Bertz CT molecular complexity index is 1000. The molecule has 0 radical (unpaired) electrons. The minimum atomic E-state index is -0.450. The van der Waals surface area contributed by atoms with Crippen molar-refractivity contribution >= 4 is 16.9 Å². The van der Waals surface area contributed by atoms with Gasteiger partial charge in [0.15, 0.2) is 0 Å². The number of benzene rings is 2. The van der Waals surface area contributed by atoms with Gasteiger partial charge in [0.1, 0.15) is 17.1 Å². The molecule has 0 aliphatic rings. The third kappa shape index (κ3) is 3.69. The molecule has 0 bridgehead atoms. The SMILES string of the molecule is COc1cc(OC)cc(C(=O)NCc2cc(=O)oc3ccc(C)cc23)c1. The van der Waals surface area contributed by atoms with Crippen LogP contribution < -0.4 is 20.4 Å². The molecule has 0 saturated heterocycles. The van der Waals surface area contributed by atoms with E-state index in [1.807, 2.05) is 19.1 Å². The maximum Gasteiger partial charge on any atom is 0.336 e. The Balaban J connectivity index is 1.87. The number of fused-ring (bicyclic) bond motifs is 1. The maximum atomic E-state index is 12.5. The summed E-state index contributed by atoms with van der Waals surface area (Å²) in [5.74, 6) is 0.753. The first-order chi connectivity index (χ1) is 12.5. The first-order valence-corrected chi connectivity index (χ1v) is 8.05. The lowest BCUT2D eigenvalue weighted by Crippen LogP contribution is -2.23. The summed E-state index contributed by atoms with van der Waals surface area (Å²) in [5, 5.41) is 3.63. The van der Waals surface area contributed by atoms with Gasteiger partial charge in [-0.3, -0.25) is 4.79 Å². The predicted molar refractivity (Wildman–Crippen MR) is 97.9 cm³/mol. The molecule has 6 heteroatoms. The number of rotatable bonds is 5. The first-order valence-electron chi connectivity index (χ1n) is 8.05. The number of carbonyl (C=O) groups excluding carboxylic acids is 1. The summed E-state index contributed by atoms with van der Waals surface area (Å²) in [4.78, 5) is 24.3. The number of hydrogen-bond donors (Lipinski definition) is 1. The summed E-state index contributed by atoms with van der Waals surface area (Å²) < 4.78 is 15.6. The molecule has 3 aromatic rings. The van der Waals surface area contributed by atoms with E-state index in [4.69, 9.17) is 13.9 Å². The van der Waals surface area contributed by atoms with Gasteiger partial charge < -0.3 is 19.2 Å². The summed E-state index contributed by atoms with van der Waals surface area (Å²) in [7, 11) is 3.04. The van der Waals surface area contributed by atoms with Crippen LogP contribution in [0, 0.1) is 6.92 Å². The minimum Gasteiger partial charge on any atom is -0.497 e. The Morgan fingerprint density at radius 1 is 1.04 bits per heavy atom. The largest absolute Gasteiger partial charge is 0.497 e. The van der Waals surface area contributed by atoms with E-state index in [0.717, 1.165) is 10.9 Å². The molecule has 1 amide bonds. The van der Waals surface area contributed by atoms with E-state index in [1.165, 1.54) is 20.3 Å². The van der Waals surface area contributed by atoms with E-state index < -0.39 is 5.63 Å². The van der Waals surface area contributed by atoms with Crippen LogP contribution in [0.5, 0.6) is 11.5 Å². The van der Waals surface area contributed by atoms with Crippen LogP contribution in [0.2, 0.25) is 0 Å². The van der Waals surface area contributed by atoms with Crippen molar-refractivity contribution < 1.29 is 18.7 Å². The highest BCUT2D eigenvalue weighted by molar-refractivity contribution is 5.95. The molecule has 0 saturated carbocycles. The second-order valence-electron chi connectivity index (χ2n) is 5.87. The zero-order valence-electron chi connectivity index (χ0n) is 14.8. The number of nitrogens with one attached hydrogen (secondary N) is 1. The van der Waals surface area contributed by atoms with Crippen molar-refractivity contribution in [2.75, 3.05) is 14.2 Å². The maximum absolute atomic E-state index is 12.5. The molecule has 6 nitrogen and oxygen atoms in total. The van der Waals surface area contributed by atoms with Crippen LogP contribution in [0.4, 0.5) is 0 Å². The number of aryl methyl sites for hydroxylation is 1. The van der Waals surface area contributed by atoms with Crippen LogP contribution in [-0.2, 0) is 6.54 Å². The monoisotopic (exact) mass is 353 g/mol. The van der Waals surface area contributed by atoms with Gasteiger partial charge in [0.2, 0.25) is 0 Å². The van der Waals surface area contributed by atoms with E-state index in [1.54, 1.807) is 24.3 Å². The highest BCUT2D eigenvalue weighted by atomic mass is 16.5. The lowest BCUT2D eigenvalue weighted by atomic mass is 10.1. The summed E-state index contributed by atoms with van der Waals surface area (Å²) in [6, 6.07) is 11.9. The van der Waals surface area contributed by atoms with Gasteiger partial charge in [0.05, 0.1) is 14.2 Å².